The Morgan fingerprint density at radius 3 is 2.67 bits per heavy atom. The van der Waals surface area contributed by atoms with Crippen LogP contribution in [-0.2, 0) is 6.42 Å². The van der Waals surface area contributed by atoms with Crippen LogP contribution in [0, 0.1) is 0 Å². The lowest BCUT2D eigenvalue weighted by Crippen LogP contribution is -2.56. The van der Waals surface area contributed by atoms with Crippen LogP contribution in [0.4, 0.5) is 0 Å². The Morgan fingerprint density at radius 2 is 2.00 bits per heavy atom. The number of rotatable bonds is 3. The van der Waals surface area contributed by atoms with Gasteiger partial charge in [0.05, 0.1) is 6.61 Å². The van der Waals surface area contributed by atoms with Crippen molar-refractivity contribution in [2.45, 2.75) is 38.4 Å². The largest absolute Gasteiger partial charge is 0.493 e. The summed E-state index contributed by atoms with van der Waals surface area (Å²) in [6.07, 6.45) is 1.02. The summed E-state index contributed by atoms with van der Waals surface area (Å²) in [4.78, 5) is 5.01. The van der Waals surface area contributed by atoms with Gasteiger partial charge in [0.1, 0.15) is 5.75 Å². The van der Waals surface area contributed by atoms with Gasteiger partial charge in [-0.25, -0.2) is 0 Å². The zero-order chi connectivity index (χ0) is 15.0. The second-order valence-electron chi connectivity index (χ2n) is 6.53. The lowest BCUT2D eigenvalue weighted by molar-refractivity contribution is 0.0352. The maximum absolute atomic E-state index is 6.12. The molecule has 0 radical (unpaired) electrons. The molecule has 2 N–H and O–H groups in total. The molecule has 0 aromatic heterocycles. The zero-order valence-electron chi connectivity index (χ0n) is 13.4. The van der Waals surface area contributed by atoms with Gasteiger partial charge in [0.15, 0.2) is 0 Å². The molecule has 1 fully saturated rings. The van der Waals surface area contributed by atoms with Gasteiger partial charge < -0.3 is 10.5 Å². The summed E-state index contributed by atoms with van der Waals surface area (Å²) in [5.41, 5.74) is 8.79. The molecule has 3 rings (SSSR count). The first-order chi connectivity index (χ1) is 10.1. The zero-order valence-corrected chi connectivity index (χ0v) is 13.4. The van der Waals surface area contributed by atoms with Crippen molar-refractivity contribution in [2.24, 2.45) is 5.73 Å². The standard InChI is InChI=1S/C17H27N3O/c1-12-10-20(11-13(2)19(12)3)16(9-18)14-4-5-17-15(8-14)6-7-21-17/h4-5,8,12-13,16H,6-7,9-11,18H2,1-3H3. The molecule has 4 nitrogen and oxygen atoms in total. The maximum atomic E-state index is 6.12. The van der Waals surface area contributed by atoms with Gasteiger partial charge in [0.2, 0.25) is 0 Å². The van der Waals surface area contributed by atoms with Crippen LogP contribution in [-0.4, -0.2) is 55.2 Å². The fourth-order valence-electron chi connectivity index (χ4n) is 3.61. The van der Waals surface area contributed by atoms with Crippen molar-refractivity contribution < 1.29 is 4.74 Å². The molecule has 0 amide bonds. The van der Waals surface area contributed by atoms with Crippen LogP contribution in [0.5, 0.6) is 5.75 Å². The number of ether oxygens (including phenoxy) is 1. The Balaban J connectivity index is 1.81. The van der Waals surface area contributed by atoms with Crippen molar-refractivity contribution in [3.05, 3.63) is 29.3 Å². The number of benzene rings is 1. The fourth-order valence-corrected chi connectivity index (χ4v) is 3.61. The van der Waals surface area contributed by atoms with Gasteiger partial charge >= 0.3 is 0 Å². The highest BCUT2D eigenvalue weighted by molar-refractivity contribution is 5.41. The van der Waals surface area contributed by atoms with Crippen molar-refractivity contribution in [2.75, 3.05) is 33.3 Å². The van der Waals surface area contributed by atoms with E-state index in [4.69, 9.17) is 10.5 Å². The summed E-state index contributed by atoms with van der Waals surface area (Å²) in [6.45, 7) is 8.24. The second kappa shape index (κ2) is 5.95. The number of fused-ring (bicyclic) bond motifs is 1. The van der Waals surface area contributed by atoms with Crippen LogP contribution in [0.2, 0.25) is 0 Å². The summed E-state index contributed by atoms with van der Waals surface area (Å²) < 4.78 is 5.61. The first-order valence-electron chi connectivity index (χ1n) is 8.02. The van der Waals surface area contributed by atoms with Crippen LogP contribution in [0.3, 0.4) is 0 Å². The molecule has 1 saturated heterocycles. The third-order valence-corrected chi connectivity index (χ3v) is 5.15. The molecule has 0 aliphatic carbocycles. The Morgan fingerprint density at radius 1 is 1.29 bits per heavy atom. The van der Waals surface area contributed by atoms with E-state index >= 15 is 0 Å². The Kier molecular flexibility index (Phi) is 4.20. The molecule has 116 valence electrons. The van der Waals surface area contributed by atoms with E-state index < -0.39 is 0 Å². The molecule has 3 unspecified atom stereocenters. The van der Waals surface area contributed by atoms with Gasteiger partial charge in [-0.15, -0.1) is 0 Å². The Bertz CT molecular complexity index is 493. The second-order valence-corrected chi connectivity index (χ2v) is 6.53. The summed E-state index contributed by atoms with van der Waals surface area (Å²) in [5.74, 6) is 1.05. The summed E-state index contributed by atoms with van der Waals surface area (Å²) in [5, 5.41) is 0. The van der Waals surface area contributed by atoms with Crippen LogP contribution in [0.1, 0.15) is 31.0 Å². The van der Waals surface area contributed by atoms with Gasteiger partial charge in [0.25, 0.3) is 0 Å². The fraction of sp³-hybridized carbons (Fsp3) is 0.647. The van der Waals surface area contributed by atoms with E-state index in [2.05, 4.69) is 48.9 Å². The van der Waals surface area contributed by atoms with E-state index in [-0.39, 0.29) is 0 Å². The predicted octanol–water partition coefficient (Wildman–Crippen LogP) is 1.65. The van der Waals surface area contributed by atoms with Crippen molar-refractivity contribution in [3.63, 3.8) is 0 Å². The molecule has 1 aromatic rings. The van der Waals surface area contributed by atoms with Crippen LogP contribution >= 0.6 is 0 Å². The minimum atomic E-state index is 0.314. The number of nitrogens with two attached hydrogens (primary N) is 1. The van der Waals surface area contributed by atoms with Crippen molar-refractivity contribution in [1.82, 2.24) is 9.80 Å². The van der Waals surface area contributed by atoms with Gasteiger partial charge in [-0.3, -0.25) is 9.80 Å². The van der Waals surface area contributed by atoms with Crippen LogP contribution in [0.15, 0.2) is 18.2 Å². The van der Waals surface area contributed by atoms with E-state index in [0.717, 1.165) is 31.9 Å². The number of nitrogens with zero attached hydrogens (tertiary/aromatic N) is 2. The molecule has 0 spiro atoms. The van der Waals surface area contributed by atoms with Crippen molar-refractivity contribution in [1.29, 1.82) is 0 Å². The van der Waals surface area contributed by atoms with Gasteiger partial charge in [-0.05, 0) is 38.1 Å². The molecule has 2 aliphatic rings. The normalized spacial score (nSPS) is 28.2. The molecule has 2 heterocycles. The maximum Gasteiger partial charge on any atom is 0.122 e. The third kappa shape index (κ3) is 2.80. The highest BCUT2D eigenvalue weighted by Gasteiger charge is 2.31. The first-order valence-corrected chi connectivity index (χ1v) is 8.02. The molecule has 21 heavy (non-hydrogen) atoms. The number of hydrogen-bond acceptors (Lipinski definition) is 4. The SMILES string of the molecule is CC1CN(C(CN)c2ccc3c(c2)CCO3)CC(C)N1C. The third-order valence-electron chi connectivity index (χ3n) is 5.15. The quantitative estimate of drug-likeness (QED) is 0.918. The highest BCUT2D eigenvalue weighted by Crippen LogP contribution is 2.31. The molecule has 0 bridgehead atoms. The number of piperazine rings is 1. The highest BCUT2D eigenvalue weighted by atomic mass is 16.5. The average molecular weight is 289 g/mol. The van der Waals surface area contributed by atoms with E-state index in [1.165, 1.54) is 11.1 Å². The van der Waals surface area contributed by atoms with E-state index in [1.807, 2.05) is 0 Å². The van der Waals surface area contributed by atoms with Crippen molar-refractivity contribution in [3.8, 4) is 5.75 Å². The first kappa shape index (κ1) is 14.8. The number of likely N-dealkylation sites (N-methyl/N-ethyl adjacent to an activating group) is 1. The summed E-state index contributed by atoms with van der Waals surface area (Å²) in [6, 6.07) is 8.06. The van der Waals surface area contributed by atoms with E-state index in [0.29, 0.717) is 24.7 Å². The molecule has 1 aromatic carbocycles. The summed E-state index contributed by atoms with van der Waals surface area (Å²) >= 11 is 0. The molecule has 4 heteroatoms. The monoisotopic (exact) mass is 289 g/mol. The summed E-state index contributed by atoms with van der Waals surface area (Å²) in [7, 11) is 2.22. The van der Waals surface area contributed by atoms with Crippen LogP contribution < -0.4 is 10.5 Å². The van der Waals surface area contributed by atoms with Gasteiger partial charge in [-0.1, -0.05) is 12.1 Å². The Hall–Kier alpha value is -1.10. The Labute approximate surface area is 127 Å². The smallest absolute Gasteiger partial charge is 0.122 e. The number of hydrogen-bond donors (Lipinski definition) is 1. The predicted molar refractivity (Wildman–Crippen MR) is 85.7 cm³/mol. The van der Waals surface area contributed by atoms with Gasteiger partial charge in [0, 0.05) is 44.2 Å². The van der Waals surface area contributed by atoms with E-state index in [1.54, 1.807) is 0 Å². The van der Waals surface area contributed by atoms with Crippen molar-refractivity contribution >= 4 is 0 Å². The van der Waals surface area contributed by atoms with Gasteiger partial charge in [-0.2, -0.15) is 0 Å². The molecule has 0 saturated carbocycles. The topological polar surface area (TPSA) is 41.7 Å². The lowest BCUT2D eigenvalue weighted by Gasteiger charge is -2.45. The molecule has 2 aliphatic heterocycles. The molecule has 3 atom stereocenters. The molecular formula is C17H27N3O. The van der Waals surface area contributed by atoms with E-state index in [9.17, 15) is 0 Å². The minimum absolute atomic E-state index is 0.314. The van der Waals surface area contributed by atoms with Crippen LogP contribution in [0.25, 0.3) is 0 Å². The minimum Gasteiger partial charge on any atom is -0.493 e. The lowest BCUT2D eigenvalue weighted by atomic mass is 9.98. The average Bonchev–Trinajstić information content (AvgIpc) is 2.93. The molecular weight excluding hydrogens is 262 g/mol.